The van der Waals surface area contributed by atoms with E-state index in [9.17, 15) is 22.8 Å². The lowest BCUT2D eigenvalue weighted by molar-refractivity contribution is -0.144. The summed E-state index contributed by atoms with van der Waals surface area (Å²) in [6, 6.07) is -0.948. The molecule has 0 aliphatic rings. The van der Waals surface area contributed by atoms with Gasteiger partial charge in [0.25, 0.3) is 0 Å². The lowest BCUT2D eigenvalue weighted by Crippen LogP contribution is -2.42. The third-order valence-electron chi connectivity index (χ3n) is 1.44. The molecule has 1 unspecified atom stereocenters. The number of nitrogens with two attached hydrogens (primary N) is 1. The summed E-state index contributed by atoms with van der Waals surface area (Å²) >= 11 is 0. The van der Waals surface area contributed by atoms with Crippen LogP contribution < -0.4 is 11.1 Å². The van der Waals surface area contributed by atoms with Crippen LogP contribution in [0.2, 0.25) is 0 Å². The van der Waals surface area contributed by atoms with Crippen LogP contribution in [0.25, 0.3) is 0 Å². The third-order valence-corrected chi connectivity index (χ3v) is 1.44. The second-order valence-corrected chi connectivity index (χ2v) is 2.81. The van der Waals surface area contributed by atoms with E-state index in [1.165, 1.54) is 6.92 Å². The summed E-state index contributed by atoms with van der Waals surface area (Å²) in [4.78, 5) is 21.2. The number of amides is 2. The number of rotatable bonds is 4. The highest BCUT2D eigenvalue weighted by Crippen LogP contribution is 2.20. The Kier molecular flexibility index (Phi) is 4.39. The SMILES string of the molecule is CC(NC(=O)CCC(F)(F)F)C(N)=O. The van der Waals surface area contributed by atoms with Crippen molar-refractivity contribution >= 4 is 11.8 Å². The molecule has 1 atom stereocenters. The topological polar surface area (TPSA) is 72.2 Å². The van der Waals surface area contributed by atoms with Crippen molar-refractivity contribution < 1.29 is 22.8 Å². The average molecular weight is 212 g/mol. The van der Waals surface area contributed by atoms with Crippen LogP contribution in [0.4, 0.5) is 13.2 Å². The Balaban J connectivity index is 3.83. The molecule has 2 amide bonds. The molecule has 0 fully saturated rings. The van der Waals surface area contributed by atoms with E-state index in [1.807, 2.05) is 5.32 Å². The molecule has 0 bridgehead atoms. The van der Waals surface area contributed by atoms with E-state index < -0.39 is 36.9 Å². The summed E-state index contributed by atoms with van der Waals surface area (Å²) in [7, 11) is 0. The summed E-state index contributed by atoms with van der Waals surface area (Å²) in [5, 5.41) is 2.04. The van der Waals surface area contributed by atoms with Gasteiger partial charge in [0.2, 0.25) is 11.8 Å². The molecule has 0 aliphatic carbocycles. The molecule has 14 heavy (non-hydrogen) atoms. The van der Waals surface area contributed by atoms with Gasteiger partial charge in [0.05, 0.1) is 6.42 Å². The molecule has 0 aromatic rings. The molecule has 0 saturated heterocycles. The number of primary amides is 1. The maximum Gasteiger partial charge on any atom is 0.389 e. The van der Waals surface area contributed by atoms with Crippen LogP contribution in [0.1, 0.15) is 19.8 Å². The Morgan fingerprint density at radius 3 is 2.29 bits per heavy atom. The van der Waals surface area contributed by atoms with Crippen molar-refractivity contribution in [2.75, 3.05) is 0 Å². The van der Waals surface area contributed by atoms with Gasteiger partial charge in [0.1, 0.15) is 6.04 Å². The molecule has 0 aliphatic heterocycles. The smallest absolute Gasteiger partial charge is 0.368 e. The highest BCUT2D eigenvalue weighted by Gasteiger charge is 2.28. The number of carbonyl (C=O) groups is 2. The fraction of sp³-hybridized carbons (Fsp3) is 0.714. The predicted octanol–water partition coefficient (Wildman–Crippen LogP) is 0.319. The van der Waals surface area contributed by atoms with Crippen LogP contribution in [0.5, 0.6) is 0 Å². The molecule has 0 aromatic heterocycles. The molecule has 0 rings (SSSR count). The van der Waals surface area contributed by atoms with Gasteiger partial charge in [0, 0.05) is 6.42 Å². The number of hydrogen-bond donors (Lipinski definition) is 2. The van der Waals surface area contributed by atoms with Gasteiger partial charge in [-0.25, -0.2) is 0 Å². The molecular formula is C7H11F3N2O2. The predicted molar refractivity (Wildman–Crippen MR) is 42.1 cm³/mol. The Morgan fingerprint density at radius 1 is 1.43 bits per heavy atom. The number of halogens is 3. The zero-order valence-electron chi connectivity index (χ0n) is 7.52. The fourth-order valence-electron chi connectivity index (χ4n) is 0.640. The van der Waals surface area contributed by atoms with Crippen LogP contribution in [-0.4, -0.2) is 24.0 Å². The maximum atomic E-state index is 11.6. The average Bonchev–Trinajstić information content (AvgIpc) is 1.99. The minimum atomic E-state index is -4.37. The first kappa shape index (κ1) is 12.7. The van der Waals surface area contributed by atoms with Gasteiger partial charge in [-0.15, -0.1) is 0 Å². The van der Waals surface area contributed by atoms with E-state index in [1.54, 1.807) is 0 Å². The second-order valence-electron chi connectivity index (χ2n) is 2.81. The third kappa shape index (κ3) is 6.27. The number of nitrogens with one attached hydrogen (secondary N) is 1. The molecule has 7 heteroatoms. The monoisotopic (exact) mass is 212 g/mol. The Hall–Kier alpha value is -1.27. The number of hydrogen-bond acceptors (Lipinski definition) is 2. The van der Waals surface area contributed by atoms with Crippen molar-refractivity contribution in [1.82, 2.24) is 5.32 Å². The Labute approximate surface area is 78.6 Å². The second kappa shape index (κ2) is 4.83. The number of alkyl halides is 3. The van der Waals surface area contributed by atoms with Crippen molar-refractivity contribution in [1.29, 1.82) is 0 Å². The first-order chi connectivity index (χ1) is 6.22. The van der Waals surface area contributed by atoms with E-state index in [2.05, 4.69) is 0 Å². The van der Waals surface area contributed by atoms with Gasteiger partial charge in [-0.2, -0.15) is 13.2 Å². The molecule has 4 nitrogen and oxygen atoms in total. The van der Waals surface area contributed by atoms with Crippen molar-refractivity contribution in [2.45, 2.75) is 32.0 Å². The van der Waals surface area contributed by atoms with E-state index in [4.69, 9.17) is 5.73 Å². The lowest BCUT2D eigenvalue weighted by atomic mass is 10.2. The molecule has 0 heterocycles. The van der Waals surface area contributed by atoms with E-state index >= 15 is 0 Å². The highest BCUT2D eigenvalue weighted by atomic mass is 19.4. The van der Waals surface area contributed by atoms with Crippen molar-refractivity contribution in [2.24, 2.45) is 5.73 Å². The van der Waals surface area contributed by atoms with Gasteiger partial charge in [-0.05, 0) is 6.92 Å². The first-order valence-electron chi connectivity index (χ1n) is 3.88. The summed E-state index contributed by atoms with van der Waals surface area (Å²) in [6.45, 7) is 1.30. The van der Waals surface area contributed by atoms with E-state index in [-0.39, 0.29) is 0 Å². The first-order valence-corrected chi connectivity index (χ1v) is 3.88. The van der Waals surface area contributed by atoms with Crippen LogP contribution >= 0.6 is 0 Å². The molecule has 3 N–H and O–H groups in total. The zero-order chi connectivity index (χ0) is 11.4. The van der Waals surface area contributed by atoms with Gasteiger partial charge < -0.3 is 11.1 Å². The summed E-state index contributed by atoms with van der Waals surface area (Å²) in [6.07, 6.45) is -6.27. The largest absolute Gasteiger partial charge is 0.389 e. The highest BCUT2D eigenvalue weighted by molar-refractivity contribution is 5.86. The van der Waals surface area contributed by atoms with Gasteiger partial charge >= 0.3 is 6.18 Å². The van der Waals surface area contributed by atoms with Crippen LogP contribution in [0, 0.1) is 0 Å². The van der Waals surface area contributed by atoms with E-state index in [0.717, 1.165) is 0 Å². The zero-order valence-corrected chi connectivity index (χ0v) is 7.52. The molecule has 82 valence electrons. The molecule has 0 aromatic carbocycles. The lowest BCUT2D eigenvalue weighted by Gasteiger charge is -2.10. The van der Waals surface area contributed by atoms with Crippen LogP contribution in [0.3, 0.4) is 0 Å². The fourth-order valence-corrected chi connectivity index (χ4v) is 0.640. The summed E-state index contributed by atoms with van der Waals surface area (Å²) in [5.74, 6) is -1.63. The molecule has 0 radical (unpaired) electrons. The van der Waals surface area contributed by atoms with Crippen molar-refractivity contribution in [3.05, 3.63) is 0 Å². The van der Waals surface area contributed by atoms with Gasteiger partial charge in [-0.1, -0.05) is 0 Å². The normalized spacial score (nSPS) is 13.4. The van der Waals surface area contributed by atoms with Gasteiger partial charge in [0.15, 0.2) is 0 Å². The summed E-state index contributed by atoms with van der Waals surface area (Å²) in [5.41, 5.74) is 4.79. The van der Waals surface area contributed by atoms with Crippen LogP contribution in [-0.2, 0) is 9.59 Å². The quantitative estimate of drug-likeness (QED) is 0.704. The van der Waals surface area contributed by atoms with Crippen molar-refractivity contribution in [3.63, 3.8) is 0 Å². The molecular weight excluding hydrogens is 201 g/mol. The van der Waals surface area contributed by atoms with E-state index in [0.29, 0.717) is 0 Å². The Morgan fingerprint density at radius 2 is 1.93 bits per heavy atom. The van der Waals surface area contributed by atoms with Gasteiger partial charge in [-0.3, -0.25) is 9.59 Å². The summed E-state index contributed by atoms with van der Waals surface area (Å²) < 4.78 is 34.9. The minimum Gasteiger partial charge on any atom is -0.368 e. The minimum absolute atomic E-state index is 0.693. The molecule has 0 spiro atoms. The number of carbonyl (C=O) groups excluding carboxylic acids is 2. The molecule has 0 saturated carbocycles. The van der Waals surface area contributed by atoms with Crippen LogP contribution in [0.15, 0.2) is 0 Å². The Bertz CT molecular complexity index is 227. The standard InChI is InChI=1S/C7H11F3N2O2/c1-4(6(11)14)12-5(13)2-3-7(8,9)10/h4H,2-3H2,1H3,(H2,11,14)(H,12,13). The maximum absolute atomic E-state index is 11.6. The van der Waals surface area contributed by atoms with Crippen molar-refractivity contribution in [3.8, 4) is 0 Å².